The average molecular weight is 452 g/mol. The molecule has 172 valence electrons. The first-order valence-electron chi connectivity index (χ1n) is 10.8. The van der Waals surface area contributed by atoms with Crippen LogP contribution in [0.25, 0.3) is 22.5 Å². The van der Waals surface area contributed by atoms with Crippen molar-refractivity contribution in [1.29, 1.82) is 0 Å². The molecule has 4 aromatic heterocycles. The molecule has 0 fully saturated rings. The Balaban J connectivity index is 1.62. The minimum absolute atomic E-state index is 0.00436. The van der Waals surface area contributed by atoms with Gasteiger partial charge in [-0.2, -0.15) is 0 Å². The van der Waals surface area contributed by atoms with Crippen molar-refractivity contribution in [2.24, 2.45) is 0 Å². The van der Waals surface area contributed by atoms with Gasteiger partial charge in [-0.05, 0) is 25.0 Å². The summed E-state index contributed by atoms with van der Waals surface area (Å²) in [5.41, 5.74) is 0.244. The van der Waals surface area contributed by atoms with E-state index >= 15 is 0 Å². The van der Waals surface area contributed by atoms with Crippen molar-refractivity contribution < 1.29 is 14.1 Å². The van der Waals surface area contributed by atoms with Gasteiger partial charge in [0, 0.05) is 37.1 Å². The number of rotatable bonds is 9. The van der Waals surface area contributed by atoms with Crippen molar-refractivity contribution >= 4 is 17.1 Å². The summed E-state index contributed by atoms with van der Waals surface area (Å²) in [5.74, 6) is 0.0681. The van der Waals surface area contributed by atoms with Crippen molar-refractivity contribution in [3.63, 3.8) is 0 Å². The summed E-state index contributed by atoms with van der Waals surface area (Å²) in [6.07, 6.45) is 5.59. The molecule has 33 heavy (non-hydrogen) atoms. The summed E-state index contributed by atoms with van der Waals surface area (Å²) in [7, 11) is 0. The van der Waals surface area contributed by atoms with Gasteiger partial charge in [-0.1, -0.05) is 25.4 Å². The van der Waals surface area contributed by atoms with Gasteiger partial charge in [-0.3, -0.25) is 19.3 Å². The summed E-state index contributed by atoms with van der Waals surface area (Å²) in [6, 6.07) is 5.00. The standard InChI is InChI=1S/C22H24N6O5/c1-3-5-10-28-19-18(20(29)25-22(28)31)27(9-4-2)17(24-19)13-32-21(30)15-11-16(33-26-15)14-7-6-8-23-12-14/h6-8,11-12H,3-5,9-10,13H2,1-2H3,(H,25,29,31). The van der Waals surface area contributed by atoms with Crippen LogP contribution in [-0.4, -0.2) is 35.2 Å². The van der Waals surface area contributed by atoms with Crippen LogP contribution in [0, 0.1) is 0 Å². The lowest BCUT2D eigenvalue weighted by molar-refractivity contribution is 0.0446. The van der Waals surface area contributed by atoms with Crippen LogP contribution in [0.5, 0.6) is 0 Å². The number of imidazole rings is 1. The lowest BCUT2D eigenvalue weighted by Crippen LogP contribution is -2.31. The zero-order chi connectivity index (χ0) is 23.4. The number of hydrogen-bond acceptors (Lipinski definition) is 8. The number of ether oxygens (including phenoxy) is 1. The highest BCUT2D eigenvalue weighted by Gasteiger charge is 2.21. The molecule has 4 heterocycles. The number of carbonyl (C=O) groups is 1. The summed E-state index contributed by atoms with van der Waals surface area (Å²) in [5, 5.41) is 3.77. The number of carbonyl (C=O) groups excluding carboxylic acids is 1. The molecular formula is C22H24N6O5. The number of fused-ring (bicyclic) bond motifs is 1. The van der Waals surface area contributed by atoms with Gasteiger partial charge in [0.25, 0.3) is 5.56 Å². The molecule has 0 spiro atoms. The second kappa shape index (κ2) is 9.63. The van der Waals surface area contributed by atoms with Gasteiger partial charge in [0.2, 0.25) is 0 Å². The number of esters is 1. The van der Waals surface area contributed by atoms with Crippen LogP contribution in [0.15, 0.2) is 44.7 Å². The maximum atomic E-state index is 12.6. The number of hydrogen-bond donors (Lipinski definition) is 1. The summed E-state index contributed by atoms with van der Waals surface area (Å²) in [4.78, 5) is 48.4. The SMILES string of the molecule is CCCCn1c(=O)[nH]c(=O)c2c1nc(COC(=O)c1cc(-c3cccnc3)on1)n2CCC. The highest BCUT2D eigenvalue weighted by atomic mass is 16.5. The van der Waals surface area contributed by atoms with Crippen LogP contribution >= 0.6 is 0 Å². The molecule has 0 atom stereocenters. The van der Waals surface area contributed by atoms with Gasteiger partial charge in [-0.25, -0.2) is 14.6 Å². The third kappa shape index (κ3) is 4.47. The number of aryl methyl sites for hydroxylation is 2. The van der Waals surface area contributed by atoms with Gasteiger partial charge in [-0.15, -0.1) is 0 Å². The molecule has 0 aliphatic carbocycles. The van der Waals surface area contributed by atoms with E-state index in [0.717, 1.165) is 19.3 Å². The second-order valence-corrected chi connectivity index (χ2v) is 7.51. The van der Waals surface area contributed by atoms with E-state index in [4.69, 9.17) is 9.26 Å². The number of nitrogens with zero attached hydrogens (tertiary/aromatic N) is 5. The molecule has 11 nitrogen and oxygen atoms in total. The third-order valence-corrected chi connectivity index (χ3v) is 5.14. The molecule has 4 rings (SSSR count). The molecule has 0 saturated heterocycles. The first-order chi connectivity index (χ1) is 16.0. The van der Waals surface area contributed by atoms with Crippen LogP contribution in [0.1, 0.15) is 49.4 Å². The molecule has 0 amide bonds. The van der Waals surface area contributed by atoms with Crippen LogP contribution in [-0.2, 0) is 24.4 Å². The first kappa shape index (κ1) is 22.2. The molecule has 0 bridgehead atoms. The topological polar surface area (TPSA) is 138 Å². The van der Waals surface area contributed by atoms with E-state index in [0.29, 0.717) is 35.8 Å². The zero-order valence-electron chi connectivity index (χ0n) is 18.4. The highest BCUT2D eigenvalue weighted by molar-refractivity contribution is 5.88. The number of nitrogens with one attached hydrogen (secondary N) is 1. The Labute approximate surface area is 188 Å². The fourth-order valence-electron chi connectivity index (χ4n) is 3.54. The lowest BCUT2D eigenvalue weighted by atomic mass is 10.2. The van der Waals surface area contributed by atoms with E-state index in [9.17, 15) is 14.4 Å². The largest absolute Gasteiger partial charge is 0.453 e. The smallest absolute Gasteiger partial charge is 0.361 e. The lowest BCUT2D eigenvalue weighted by Gasteiger charge is -2.08. The Morgan fingerprint density at radius 2 is 2.03 bits per heavy atom. The van der Waals surface area contributed by atoms with Gasteiger partial charge in [0.05, 0.1) is 0 Å². The van der Waals surface area contributed by atoms with E-state index in [1.807, 2.05) is 13.8 Å². The highest BCUT2D eigenvalue weighted by Crippen LogP contribution is 2.20. The molecule has 0 saturated carbocycles. The summed E-state index contributed by atoms with van der Waals surface area (Å²) >= 11 is 0. The average Bonchev–Trinajstić information content (AvgIpc) is 3.44. The number of H-pyrrole nitrogens is 1. The van der Waals surface area contributed by atoms with E-state index < -0.39 is 17.2 Å². The quantitative estimate of drug-likeness (QED) is 0.382. The predicted molar refractivity (Wildman–Crippen MR) is 119 cm³/mol. The van der Waals surface area contributed by atoms with Crippen molar-refractivity contribution in [1.82, 2.24) is 29.2 Å². The number of aromatic nitrogens is 6. The third-order valence-electron chi connectivity index (χ3n) is 5.14. The minimum atomic E-state index is -0.693. The van der Waals surface area contributed by atoms with Crippen LogP contribution in [0.2, 0.25) is 0 Å². The van der Waals surface area contributed by atoms with E-state index in [1.54, 1.807) is 29.1 Å². The molecule has 11 heteroatoms. The Morgan fingerprint density at radius 3 is 2.76 bits per heavy atom. The Hall–Kier alpha value is -4.02. The van der Waals surface area contributed by atoms with Gasteiger partial charge in [0.1, 0.15) is 12.4 Å². The van der Waals surface area contributed by atoms with Crippen LogP contribution in [0.3, 0.4) is 0 Å². The molecule has 0 aromatic carbocycles. The summed E-state index contributed by atoms with van der Waals surface area (Å²) < 4.78 is 13.8. The minimum Gasteiger partial charge on any atom is -0.453 e. The van der Waals surface area contributed by atoms with Gasteiger partial charge >= 0.3 is 11.7 Å². The van der Waals surface area contributed by atoms with Crippen molar-refractivity contribution in [2.75, 3.05) is 0 Å². The fraction of sp³-hybridized carbons (Fsp3) is 0.364. The fourth-order valence-corrected chi connectivity index (χ4v) is 3.54. The van der Waals surface area contributed by atoms with E-state index in [-0.39, 0.29) is 17.9 Å². The molecule has 4 aromatic rings. The normalized spacial score (nSPS) is 11.2. The maximum absolute atomic E-state index is 12.6. The van der Waals surface area contributed by atoms with Gasteiger partial charge < -0.3 is 13.8 Å². The Morgan fingerprint density at radius 1 is 1.18 bits per heavy atom. The molecule has 1 N–H and O–H groups in total. The van der Waals surface area contributed by atoms with Crippen molar-refractivity contribution in [3.05, 3.63) is 62.9 Å². The number of unbranched alkanes of at least 4 members (excludes halogenated alkanes) is 1. The molecule has 0 aliphatic rings. The molecular weight excluding hydrogens is 428 g/mol. The molecule has 0 radical (unpaired) electrons. The Bertz CT molecular complexity index is 1380. The molecule has 0 unspecified atom stereocenters. The monoisotopic (exact) mass is 452 g/mol. The second-order valence-electron chi connectivity index (χ2n) is 7.51. The summed E-state index contributed by atoms with van der Waals surface area (Å²) in [6.45, 7) is 4.69. The van der Waals surface area contributed by atoms with Crippen LogP contribution in [0.4, 0.5) is 0 Å². The zero-order valence-corrected chi connectivity index (χ0v) is 18.4. The van der Waals surface area contributed by atoms with Crippen molar-refractivity contribution in [2.45, 2.75) is 52.8 Å². The first-order valence-corrected chi connectivity index (χ1v) is 10.8. The number of aromatic amines is 1. The van der Waals surface area contributed by atoms with Crippen LogP contribution < -0.4 is 11.2 Å². The maximum Gasteiger partial charge on any atom is 0.361 e. The molecule has 0 aliphatic heterocycles. The van der Waals surface area contributed by atoms with E-state index in [1.165, 1.54) is 10.6 Å². The predicted octanol–water partition coefficient (Wildman–Crippen LogP) is 2.50. The number of pyridine rings is 1. The Kier molecular flexibility index (Phi) is 6.48. The van der Waals surface area contributed by atoms with Gasteiger partial charge in [0.15, 0.2) is 22.6 Å². The van der Waals surface area contributed by atoms with E-state index in [2.05, 4.69) is 20.1 Å². The van der Waals surface area contributed by atoms with Crippen molar-refractivity contribution in [3.8, 4) is 11.3 Å².